The first-order chi connectivity index (χ1) is 7.76. The minimum absolute atomic E-state index is 0.0731. The molecule has 1 amide bonds. The molecule has 0 aromatic heterocycles. The fourth-order valence-corrected chi connectivity index (χ4v) is 2.51. The summed E-state index contributed by atoms with van der Waals surface area (Å²) in [6.07, 6.45) is 0.0910. The first-order valence-corrected chi connectivity index (χ1v) is 6.43. The van der Waals surface area contributed by atoms with E-state index in [1.54, 1.807) is 0 Å². The van der Waals surface area contributed by atoms with Gasteiger partial charge in [-0.15, -0.1) is 0 Å². The molecule has 1 aliphatic rings. The van der Waals surface area contributed by atoms with E-state index in [2.05, 4.69) is 0 Å². The largest absolute Gasteiger partial charge is 0.369 e. The van der Waals surface area contributed by atoms with Gasteiger partial charge in [0, 0.05) is 19.6 Å². The molecule has 17 heavy (non-hydrogen) atoms. The summed E-state index contributed by atoms with van der Waals surface area (Å²) in [6.45, 7) is 11.9. The van der Waals surface area contributed by atoms with Crippen molar-refractivity contribution in [2.75, 3.05) is 19.6 Å². The van der Waals surface area contributed by atoms with Crippen molar-refractivity contribution in [1.29, 1.82) is 0 Å². The maximum Gasteiger partial charge on any atom is 0.227 e. The normalized spacial score (nSPS) is 26.1. The summed E-state index contributed by atoms with van der Waals surface area (Å²) in [5, 5.41) is 0. The lowest BCUT2D eigenvalue weighted by Crippen LogP contribution is -2.56. The molecule has 1 saturated heterocycles. The van der Waals surface area contributed by atoms with E-state index in [1.165, 1.54) is 0 Å². The predicted molar refractivity (Wildman–Crippen MR) is 68.6 cm³/mol. The molecular weight excluding hydrogens is 216 g/mol. The molecule has 1 heterocycles. The van der Waals surface area contributed by atoms with Crippen LogP contribution in [0.5, 0.6) is 0 Å². The van der Waals surface area contributed by atoms with Crippen molar-refractivity contribution in [2.24, 2.45) is 17.6 Å². The lowest BCUT2D eigenvalue weighted by atomic mass is 9.93. The number of amides is 1. The lowest BCUT2D eigenvalue weighted by molar-refractivity contribution is -0.162. The number of ether oxygens (including phenoxy) is 1. The third-order valence-corrected chi connectivity index (χ3v) is 3.26. The van der Waals surface area contributed by atoms with Crippen LogP contribution < -0.4 is 5.73 Å². The van der Waals surface area contributed by atoms with Crippen LogP contribution in [-0.2, 0) is 9.53 Å². The van der Waals surface area contributed by atoms with E-state index < -0.39 is 0 Å². The Hall–Kier alpha value is -0.610. The summed E-state index contributed by atoms with van der Waals surface area (Å²) in [4.78, 5) is 14.3. The Morgan fingerprint density at radius 2 is 2.12 bits per heavy atom. The van der Waals surface area contributed by atoms with E-state index in [4.69, 9.17) is 10.5 Å². The quantitative estimate of drug-likeness (QED) is 0.810. The molecule has 2 atom stereocenters. The molecule has 0 saturated carbocycles. The SMILES string of the molecule is CC1CN(C(=O)C(CN)C(C)C)CC(C)(C)O1. The number of carbonyl (C=O) groups is 1. The Bertz CT molecular complexity index is 277. The molecule has 0 aromatic rings. The van der Waals surface area contributed by atoms with Gasteiger partial charge in [-0.2, -0.15) is 0 Å². The topological polar surface area (TPSA) is 55.6 Å². The maximum atomic E-state index is 12.4. The van der Waals surface area contributed by atoms with E-state index in [0.29, 0.717) is 19.6 Å². The smallest absolute Gasteiger partial charge is 0.227 e. The fourth-order valence-electron chi connectivity index (χ4n) is 2.51. The molecule has 1 fully saturated rings. The summed E-state index contributed by atoms with van der Waals surface area (Å²) >= 11 is 0. The monoisotopic (exact) mass is 242 g/mol. The molecule has 4 heteroatoms. The highest BCUT2D eigenvalue weighted by Crippen LogP contribution is 2.23. The van der Waals surface area contributed by atoms with Crippen LogP contribution in [0, 0.1) is 11.8 Å². The minimum atomic E-state index is -0.260. The van der Waals surface area contributed by atoms with Gasteiger partial charge in [0.2, 0.25) is 5.91 Å². The van der Waals surface area contributed by atoms with Crippen molar-refractivity contribution in [2.45, 2.75) is 46.3 Å². The van der Waals surface area contributed by atoms with Gasteiger partial charge in [-0.05, 0) is 26.7 Å². The average molecular weight is 242 g/mol. The summed E-state index contributed by atoms with van der Waals surface area (Å²) < 4.78 is 5.80. The Morgan fingerprint density at radius 1 is 1.53 bits per heavy atom. The Kier molecular flexibility index (Phi) is 4.55. The molecule has 2 unspecified atom stereocenters. The number of nitrogens with zero attached hydrogens (tertiary/aromatic N) is 1. The number of rotatable bonds is 3. The molecule has 0 aliphatic carbocycles. The van der Waals surface area contributed by atoms with Gasteiger partial charge >= 0.3 is 0 Å². The van der Waals surface area contributed by atoms with Gasteiger partial charge in [0.1, 0.15) is 0 Å². The zero-order valence-electron chi connectivity index (χ0n) is 11.7. The van der Waals surface area contributed by atoms with Crippen molar-refractivity contribution in [1.82, 2.24) is 4.90 Å². The van der Waals surface area contributed by atoms with Crippen LogP contribution in [0.15, 0.2) is 0 Å². The van der Waals surface area contributed by atoms with Crippen molar-refractivity contribution in [3.05, 3.63) is 0 Å². The van der Waals surface area contributed by atoms with Crippen LogP contribution >= 0.6 is 0 Å². The number of morpholine rings is 1. The Labute approximate surface area is 104 Å². The lowest BCUT2D eigenvalue weighted by Gasteiger charge is -2.43. The van der Waals surface area contributed by atoms with Crippen LogP contribution in [0.3, 0.4) is 0 Å². The minimum Gasteiger partial charge on any atom is -0.369 e. The zero-order valence-corrected chi connectivity index (χ0v) is 11.7. The van der Waals surface area contributed by atoms with E-state index in [9.17, 15) is 4.79 Å². The summed E-state index contributed by atoms with van der Waals surface area (Å²) in [5.41, 5.74) is 5.44. The molecule has 1 aliphatic heterocycles. The van der Waals surface area contributed by atoms with Crippen LogP contribution in [0.1, 0.15) is 34.6 Å². The number of hydrogen-bond acceptors (Lipinski definition) is 3. The highest BCUT2D eigenvalue weighted by Gasteiger charge is 2.36. The number of carbonyl (C=O) groups excluding carboxylic acids is 1. The molecule has 0 radical (unpaired) electrons. The molecule has 0 aromatic carbocycles. The van der Waals surface area contributed by atoms with E-state index in [-0.39, 0.29) is 29.4 Å². The fraction of sp³-hybridized carbons (Fsp3) is 0.923. The first kappa shape index (κ1) is 14.5. The second-order valence-corrected chi connectivity index (χ2v) is 5.99. The standard InChI is InChI=1S/C13H26N2O2/c1-9(2)11(6-14)12(16)15-7-10(3)17-13(4,5)8-15/h9-11H,6-8,14H2,1-5H3. The number of hydrogen-bond donors (Lipinski definition) is 1. The van der Waals surface area contributed by atoms with Crippen molar-refractivity contribution in [3.8, 4) is 0 Å². The van der Waals surface area contributed by atoms with E-state index >= 15 is 0 Å². The second-order valence-electron chi connectivity index (χ2n) is 5.99. The predicted octanol–water partition coefficient (Wildman–Crippen LogP) is 1.24. The van der Waals surface area contributed by atoms with Crippen molar-refractivity contribution in [3.63, 3.8) is 0 Å². The Balaban J connectivity index is 2.74. The molecular formula is C13H26N2O2. The molecule has 2 N–H and O–H groups in total. The third-order valence-electron chi connectivity index (χ3n) is 3.26. The molecule has 0 spiro atoms. The van der Waals surface area contributed by atoms with Gasteiger partial charge in [-0.25, -0.2) is 0 Å². The first-order valence-electron chi connectivity index (χ1n) is 6.43. The molecule has 100 valence electrons. The highest BCUT2D eigenvalue weighted by atomic mass is 16.5. The van der Waals surface area contributed by atoms with Gasteiger partial charge in [-0.1, -0.05) is 13.8 Å². The molecule has 0 bridgehead atoms. The summed E-state index contributed by atoms with van der Waals surface area (Å²) in [7, 11) is 0. The van der Waals surface area contributed by atoms with Crippen LogP contribution in [0.2, 0.25) is 0 Å². The van der Waals surface area contributed by atoms with Crippen molar-refractivity contribution >= 4 is 5.91 Å². The van der Waals surface area contributed by atoms with Gasteiger partial charge in [0.25, 0.3) is 0 Å². The second kappa shape index (κ2) is 5.36. The van der Waals surface area contributed by atoms with Gasteiger partial charge in [0.05, 0.1) is 17.6 Å². The molecule has 1 rings (SSSR count). The highest BCUT2D eigenvalue weighted by molar-refractivity contribution is 5.79. The summed E-state index contributed by atoms with van der Waals surface area (Å²) in [6, 6.07) is 0. The molecule has 4 nitrogen and oxygen atoms in total. The van der Waals surface area contributed by atoms with Crippen LogP contribution in [0.25, 0.3) is 0 Å². The summed E-state index contributed by atoms with van der Waals surface area (Å²) in [5.74, 6) is 0.385. The van der Waals surface area contributed by atoms with Crippen molar-refractivity contribution < 1.29 is 9.53 Å². The van der Waals surface area contributed by atoms with Crippen LogP contribution in [-0.4, -0.2) is 42.1 Å². The maximum absolute atomic E-state index is 12.4. The van der Waals surface area contributed by atoms with E-state index in [0.717, 1.165) is 0 Å². The Morgan fingerprint density at radius 3 is 2.53 bits per heavy atom. The van der Waals surface area contributed by atoms with Gasteiger partial charge < -0.3 is 15.4 Å². The number of nitrogens with two attached hydrogens (primary N) is 1. The third kappa shape index (κ3) is 3.68. The zero-order chi connectivity index (χ0) is 13.2. The average Bonchev–Trinajstić information content (AvgIpc) is 2.14. The van der Waals surface area contributed by atoms with Gasteiger partial charge in [-0.3, -0.25) is 4.79 Å². The van der Waals surface area contributed by atoms with Crippen LogP contribution in [0.4, 0.5) is 0 Å². The van der Waals surface area contributed by atoms with Gasteiger partial charge in [0.15, 0.2) is 0 Å². The van der Waals surface area contributed by atoms with E-state index in [1.807, 2.05) is 39.5 Å².